The molecule has 0 radical (unpaired) electrons. The van der Waals surface area contributed by atoms with Gasteiger partial charge < -0.3 is 14.2 Å². The molecule has 11 heteroatoms. The van der Waals surface area contributed by atoms with Crippen LogP contribution in [-0.4, -0.2) is 50.7 Å². The van der Waals surface area contributed by atoms with E-state index in [2.05, 4.69) is 19.4 Å². The topological polar surface area (TPSA) is 117 Å². The van der Waals surface area contributed by atoms with Crippen LogP contribution < -0.4 is 14.2 Å². The van der Waals surface area contributed by atoms with Crippen molar-refractivity contribution in [1.82, 2.24) is 14.7 Å². The van der Waals surface area contributed by atoms with Gasteiger partial charge in [-0.25, -0.2) is 27.9 Å². The third kappa shape index (κ3) is 4.59. The molecule has 1 saturated carbocycles. The summed E-state index contributed by atoms with van der Waals surface area (Å²) < 4.78 is 43.7. The fourth-order valence-electron chi connectivity index (χ4n) is 3.02. The zero-order valence-corrected chi connectivity index (χ0v) is 17.1. The number of nitrogens with one attached hydrogen (secondary N) is 1. The SMILES string of the molecule is COC(=O)c1sccc1S(=O)(=O)NC1CCC(Oc2nccnc2OC)CC1. The number of esters is 1. The number of hydrogen-bond acceptors (Lipinski definition) is 9. The fraction of sp³-hybridized carbons (Fsp3) is 0.471. The van der Waals surface area contributed by atoms with Gasteiger partial charge in [-0.05, 0) is 37.1 Å². The lowest BCUT2D eigenvalue weighted by molar-refractivity contribution is 0.0602. The maximum absolute atomic E-state index is 12.7. The molecule has 0 amide bonds. The number of sulfonamides is 1. The second kappa shape index (κ2) is 8.84. The molecule has 0 spiro atoms. The van der Waals surface area contributed by atoms with E-state index in [1.807, 2.05) is 0 Å². The minimum absolute atomic E-state index is 0.0491. The molecule has 2 aromatic heterocycles. The van der Waals surface area contributed by atoms with Crippen molar-refractivity contribution >= 4 is 27.3 Å². The van der Waals surface area contributed by atoms with E-state index < -0.39 is 16.0 Å². The smallest absolute Gasteiger partial charge is 0.349 e. The van der Waals surface area contributed by atoms with Crippen molar-refractivity contribution in [3.8, 4) is 11.8 Å². The number of hydrogen-bond donors (Lipinski definition) is 1. The van der Waals surface area contributed by atoms with Crippen LogP contribution in [0.2, 0.25) is 0 Å². The highest BCUT2D eigenvalue weighted by Gasteiger charge is 2.30. The van der Waals surface area contributed by atoms with Gasteiger partial charge >= 0.3 is 5.97 Å². The van der Waals surface area contributed by atoms with E-state index >= 15 is 0 Å². The molecule has 0 bridgehead atoms. The predicted molar refractivity (Wildman–Crippen MR) is 101 cm³/mol. The molecule has 1 aliphatic carbocycles. The van der Waals surface area contributed by atoms with Gasteiger partial charge in [-0.1, -0.05) is 0 Å². The average molecular weight is 428 g/mol. The van der Waals surface area contributed by atoms with Crippen LogP contribution in [0.15, 0.2) is 28.7 Å². The van der Waals surface area contributed by atoms with Crippen molar-refractivity contribution < 1.29 is 27.4 Å². The number of thiophene rings is 1. The molecule has 0 aromatic carbocycles. The van der Waals surface area contributed by atoms with E-state index in [4.69, 9.17) is 9.47 Å². The van der Waals surface area contributed by atoms with E-state index in [0.717, 1.165) is 11.3 Å². The van der Waals surface area contributed by atoms with Gasteiger partial charge in [0.1, 0.15) is 15.9 Å². The van der Waals surface area contributed by atoms with Crippen LogP contribution in [0.1, 0.15) is 35.4 Å². The molecular weight excluding hydrogens is 406 g/mol. The summed E-state index contributed by atoms with van der Waals surface area (Å²) >= 11 is 1.04. The van der Waals surface area contributed by atoms with Crippen LogP contribution in [0, 0.1) is 0 Å². The third-order valence-electron chi connectivity index (χ3n) is 4.39. The molecule has 28 heavy (non-hydrogen) atoms. The standard InChI is InChI=1S/C17H21N3O6S2/c1-24-15-16(19-9-8-18-15)26-12-5-3-11(4-6-12)20-28(22,23)13-7-10-27-14(13)17(21)25-2/h7-12,20H,3-6H2,1-2H3. The van der Waals surface area contributed by atoms with Crippen LogP contribution in [0.3, 0.4) is 0 Å². The van der Waals surface area contributed by atoms with Gasteiger partial charge in [0.25, 0.3) is 11.8 Å². The van der Waals surface area contributed by atoms with Gasteiger partial charge in [-0.15, -0.1) is 11.3 Å². The van der Waals surface area contributed by atoms with Crippen LogP contribution in [0.5, 0.6) is 11.8 Å². The molecule has 0 atom stereocenters. The molecule has 2 heterocycles. The van der Waals surface area contributed by atoms with Crippen molar-refractivity contribution in [2.45, 2.75) is 42.7 Å². The Kier molecular flexibility index (Phi) is 6.47. The molecule has 3 rings (SSSR count). The highest BCUT2D eigenvalue weighted by molar-refractivity contribution is 7.89. The Hall–Kier alpha value is -2.24. The largest absolute Gasteiger partial charge is 0.477 e. The van der Waals surface area contributed by atoms with Gasteiger partial charge in [-0.2, -0.15) is 0 Å². The monoisotopic (exact) mass is 427 g/mol. The van der Waals surface area contributed by atoms with E-state index in [0.29, 0.717) is 37.4 Å². The van der Waals surface area contributed by atoms with Gasteiger partial charge in [0.2, 0.25) is 10.0 Å². The first-order chi connectivity index (χ1) is 13.4. The Labute approximate surface area is 167 Å². The van der Waals surface area contributed by atoms with Crippen LogP contribution in [0.4, 0.5) is 0 Å². The van der Waals surface area contributed by atoms with Gasteiger partial charge in [0, 0.05) is 18.4 Å². The van der Waals surface area contributed by atoms with E-state index in [1.54, 1.807) is 5.38 Å². The molecule has 1 N–H and O–H groups in total. The lowest BCUT2D eigenvalue weighted by Gasteiger charge is -2.29. The van der Waals surface area contributed by atoms with Crippen molar-refractivity contribution in [2.75, 3.05) is 14.2 Å². The average Bonchev–Trinajstić information content (AvgIpc) is 3.20. The number of aromatic nitrogens is 2. The minimum Gasteiger partial charge on any atom is -0.477 e. The molecular formula is C17H21N3O6S2. The third-order valence-corrected chi connectivity index (χ3v) is 6.98. The molecule has 0 unspecified atom stereocenters. The number of rotatable bonds is 7. The Morgan fingerprint density at radius 2 is 1.82 bits per heavy atom. The normalized spacial score (nSPS) is 19.8. The van der Waals surface area contributed by atoms with Crippen molar-refractivity contribution in [3.63, 3.8) is 0 Å². The zero-order chi connectivity index (χ0) is 20.1. The summed E-state index contributed by atoms with van der Waals surface area (Å²) in [5, 5.41) is 1.56. The Bertz CT molecular complexity index is 922. The number of carbonyl (C=O) groups excluding carboxylic acids is 1. The number of carbonyl (C=O) groups is 1. The van der Waals surface area contributed by atoms with Crippen molar-refractivity contribution in [2.24, 2.45) is 0 Å². The van der Waals surface area contributed by atoms with Crippen LogP contribution in [0.25, 0.3) is 0 Å². The lowest BCUT2D eigenvalue weighted by Crippen LogP contribution is -2.40. The van der Waals surface area contributed by atoms with E-state index in [-0.39, 0.29) is 21.9 Å². The van der Waals surface area contributed by atoms with E-state index in [9.17, 15) is 13.2 Å². The molecule has 1 fully saturated rings. The second-order valence-electron chi connectivity index (χ2n) is 6.19. The number of ether oxygens (including phenoxy) is 3. The molecule has 0 aliphatic heterocycles. The predicted octanol–water partition coefficient (Wildman–Crippen LogP) is 2.00. The first-order valence-corrected chi connectivity index (χ1v) is 11.0. The van der Waals surface area contributed by atoms with Crippen molar-refractivity contribution in [1.29, 1.82) is 0 Å². The molecule has 1 aliphatic rings. The summed E-state index contributed by atoms with van der Waals surface area (Å²) in [5.74, 6) is -0.0152. The number of methoxy groups -OCH3 is 2. The molecule has 152 valence electrons. The maximum Gasteiger partial charge on any atom is 0.349 e. The molecule has 0 saturated heterocycles. The lowest BCUT2D eigenvalue weighted by atomic mass is 9.94. The minimum atomic E-state index is -3.81. The van der Waals surface area contributed by atoms with Gasteiger partial charge in [0.15, 0.2) is 0 Å². The quantitative estimate of drug-likeness (QED) is 0.667. The van der Waals surface area contributed by atoms with E-state index in [1.165, 1.54) is 32.7 Å². The maximum atomic E-state index is 12.7. The molecule has 9 nitrogen and oxygen atoms in total. The summed E-state index contributed by atoms with van der Waals surface area (Å²) in [4.78, 5) is 20.0. The first-order valence-electron chi connectivity index (χ1n) is 8.64. The Morgan fingerprint density at radius 1 is 1.14 bits per heavy atom. The highest BCUT2D eigenvalue weighted by atomic mass is 32.2. The van der Waals surface area contributed by atoms with Crippen LogP contribution in [-0.2, 0) is 14.8 Å². The Morgan fingerprint density at radius 3 is 2.46 bits per heavy atom. The van der Waals surface area contributed by atoms with Gasteiger partial charge in [0.05, 0.1) is 14.2 Å². The second-order valence-corrected chi connectivity index (χ2v) is 8.79. The summed E-state index contributed by atoms with van der Waals surface area (Å²) in [6.45, 7) is 0. The number of nitrogens with zero attached hydrogens (tertiary/aromatic N) is 2. The summed E-state index contributed by atoms with van der Waals surface area (Å²) in [6.07, 6.45) is 5.45. The molecule has 2 aromatic rings. The Balaban J connectivity index is 1.60. The first kappa shape index (κ1) is 20.5. The fourth-order valence-corrected chi connectivity index (χ4v) is 5.66. The summed E-state index contributed by atoms with van der Waals surface area (Å²) in [5.41, 5.74) is 0. The summed E-state index contributed by atoms with van der Waals surface area (Å²) in [6, 6.07) is 1.17. The zero-order valence-electron chi connectivity index (χ0n) is 15.5. The van der Waals surface area contributed by atoms with Crippen molar-refractivity contribution in [3.05, 3.63) is 28.7 Å². The van der Waals surface area contributed by atoms with Gasteiger partial charge in [-0.3, -0.25) is 0 Å². The summed E-state index contributed by atoms with van der Waals surface area (Å²) in [7, 11) is -1.10. The highest BCUT2D eigenvalue weighted by Crippen LogP contribution is 2.29. The van der Waals surface area contributed by atoms with Crippen LogP contribution >= 0.6 is 11.3 Å².